The molecule has 3 aromatic rings. The first kappa shape index (κ1) is 29.3. The molecule has 4 rings (SSSR count). The zero-order chi connectivity index (χ0) is 27.9. The lowest BCUT2D eigenvalue weighted by atomic mass is 9.95. The predicted molar refractivity (Wildman–Crippen MR) is 155 cm³/mol. The summed E-state index contributed by atoms with van der Waals surface area (Å²) in [4.78, 5) is 55.8. The van der Waals surface area contributed by atoms with Gasteiger partial charge in [-0.25, -0.2) is 4.79 Å². The molecule has 13 heteroatoms. The lowest BCUT2D eigenvalue weighted by Gasteiger charge is -2.12. The van der Waals surface area contributed by atoms with Crippen LogP contribution >= 0.6 is 46.0 Å². The van der Waals surface area contributed by atoms with Crippen molar-refractivity contribution in [2.75, 3.05) is 30.0 Å². The van der Waals surface area contributed by atoms with E-state index in [0.717, 1.165) is 52.6 Å². The summed E-state index contributed by atoms with van der Waals surface area (Å²) in [6.07, 6.45) is 3.72. The van der Waals surface area contributed by atoms with Gasteiger partial charge in [0.1, 0.15) is 11.5 Å². The fourth-order valence-corrected chi connectivity index (χ4v) is 7.44. The first-order chi connectivity index (χ1) is 18.8. The number of amides is 2. The van der Waals surface area contributed by atoms with Crippen LogP contribution in [0.4, 0.5) is 5.00 Å². The molecule has 1 aliphatic rings. The maximum atomic E-state index is 12.7. The average molecular weight is 610 g/mol. The third kappa shape index (κ3) is 7.30. The molecule has 0 spiro atoms. The van der Waals surface area contributed by atoms with Gasteiger partial charge in [0.05, 0.1) is 40.5 Å². The van der Waals surface area contributed by atoms with Crippen molar-refractivity contribution >= 4 is 85.0 Å². The fraction of sp³-hybridized carbons (Fsp3) is 0.423. The Labute approximate surface area is 242 Å². The first-order valence-corrected chi connectivity index (χ1v) is 15.7. The van der Waals surface area contributed by atoms with Crippen LogP contribution in [0.1, 0.15) is 47.5 Å². The van der Waals surface area contributed by atoms with E-state index in [1.165, 1.54) is 22.7 Å². The van der Waals surface area contributed by atoms with Crippen LogP contribution in [0, 0.1) is 0 Å². The van der Waals surface area contributed by atoms with Gasteiger partial charge < -0.3 is 19.4 Å². The number of fused-ring (bicyclic) bond motifs is 2. The molecular formula is C26H28ClN3O6S3. The Hall–Kier alpha value is -2.67. The molecule has 9 nitrogen and oxygen atoms in total. The van der Waals surface area contributed by atoms with Crippen molar-refractivity contribution in [1.29, 1.82) is 0 Å². The van der Waals surface area contributed by atoms with Crippen LogP contribution in [0.5, 0.6) is 0 Å². The van der Waals surface area contributed by atoms with E-state index in [0.29, 0.717) is 25.9 Å². The predicted octanol–water partition coefficient (Wildman–Crippen LogP) is 4.84. The van der Waals surface area contributed by atoms with Gasteiger partial charge >= 0.3 is 11.9 Å². The molecule has 2 amide bonds. The third-order valence-corrected chi connectivity index (χ3v) is 9.22. The second-order valence-electron chi connectivity index (χ2n) is 8.57. The Kier molecular flexibility index (Phi) is 10.2. The number of aryl methyl sites for hydroxylation is 1. The second-order valence-corrected chi connectivity index (χ2v) is 12.1. The Morgan fingerprint density at radius 1 is 1.08 bits per heavy atom. The fourth-order valence-electron chi connectivity index (χ4n) is 4.23. The normalized spacial score (nSPS) is 13.3. The van der Waals surface area contributed by atoms with Crippen molar-refractivity contribution < 1.29 is 28.7 Å². The number of carbonyl (C=O) groups excluding carboxylic acids is 4. The summed E-state index contributed by atoms with van der Waals surface area (Å²) in [5.74, 6) is -1.64. The lowest BCUT2D eigenvalue weighted by Crippen LogP contribution is -2.23. The van der Waals surface area contributed by atoms with Crippen molar-refractivity contribution in [3.05, 3.63) is 44.0 Å². The smallest absolute Gasteiger partial charge is 0.341 e. The van der Waals surface area contributed by atoms with Crippen molar-refractivity contribution in [2.45, 2.75) is 46.1 Å². The van der Waals surface area contributed by atoms with E-state index in [1.807, 2.05) is 0 Å². The monoisotopic (exact) mass is 609 g/mol. The SMILES string of the molecule is CCOC(=O)Cn1c(=NC(=O)CSCC(=O)Nc2sc3c(c2C(=O)OCC)CCCC3)sc2cc(Cl)ccc21. The summed E-state index contributed by atoms with van der Waals surface area (Å²) in [7, 11) is 0. The number of halogens is 1. The van der Waals surface area contributed by atoms with E-state index in [-0.39, 0.29) is 37.2 Å². The van der Waals surface area contributed by atoms with Crippen molar-refractivity contribution in [3.63, 3.8) is 0 Å². The zero-order valence-corrected chi connectivity index (χ0v) is 24.7. The van der Waals surface area contributed by atoms with Crippen LogP contribution in [0.15, 0.2) is 23.2 Å². The lowest BCUT2D eigenvalue weighted by molar-refractivity contribution is -0.143. The van der Waals surface area contributed by atoms with Crippen molar-refractivity contribution in [1.82, 2.24) is 4.57 Å². The minimum Gasteiger partial charge on any atom is -0.465 e. The Morgan fingerprint density at radius 2 is 1.85 bits per heavy atom. The summed E-state index contributed by atoms with van der Waals surface area (Å²) in [6, 6.07) is 5.22. The van der Waals surface area contributed by atoms with E-state index in [4.69, 9.17) is 21.1 Å². The molecule has 0 atom stereocenters. The van der Waals surface area contributed by atoms with Gasteiger partial charge in [0.25, 0.3) is 5.91 Å². The van der Waals surface area contributed by atoms with Gasteiger partial charge in [-0.2, -0.15) is 4.99 Å². The minimum atomic E-state index is -0.443. The van der Waals surface area contributed by atoms with Gasteiger partial charge in [-0.3, -0.25) is 14.4 Å². The maximum absolute atomic E-state index is 12.7. The molecule has 39 heavy (non-hydrogen) atoms. The molecule has 208 valence electrons. The largest absolute Gasteiger partial charge is 0.465 e. The molecule has 1 aliphatic carbocycles. The van der Waals surface area contributed by atoms with Gasteiger partial charge in [0.15, 0.2) is 4.80 Å². The Morgan fingerprint density at radius 3 is 2.62 bits per heavy atom. The summed E-state index contributed by atoms with van der Waals surface area (Å²) in [6.45, 7) is 3.88. The number of thioether (sulfide) groups is 1. The number of esters is 2. The maximum Gasteiger partial charge on any atom is 0.341 e. The number of thiazole rings is 1. The highest BCUT2D eigenvalue weighted by Crippen LogP contribution is 2.38. The molecule has 1 N–H and O–H groups in total. The summed E-state index contributed by atoms with van der Waals surface area (Å²) >= 11 is 9.90. The Balaban J connectivity index is 1.43. The molecule has 0 fully saturated rings. The van der Waals surface area contributed by atoms with Crippen LogP contribution in [0.25, 0.3) is 10.2 Å². The molecule has 1 aromatic carbocycles. The minimum absolute atomic E-state index is 0.0109. The molecule has 0 radical (unpaired) electrons. The van der Waals surface area contributed by atoms with E-state index < -0.39 is 17.8 Å². The molecular weight excluding hydrogens is 582 g/mol. The van der Waals surface area contributed by atoms with Gasteiger partial charge in [-0.1, -0.05) is 22.9 Å². The highest BCUT2D eigenvalue weighted by molar-refractivity contribution is 8.00. The number of nitrogens with one attached hydrogen (secondary N) is 1. The molecule has 0 unspecified atom stereocenters. The number of anilines is 1. The quantitative estimate of drug-likeness (QED) is 0.327. The summed E-state index contributed by atoms with van der Waals surface area (Å²) in [5, 5.41) is 3.88. The number of aromatic nitrogens is 1. The van der Waals surface area contributed by atoms with Crippen LogP contribution in [0.2, 0.25) is 5.02 Å². The number of rotatable bonds is 10. The standard InChI is InChI=1S/C26H28ClN3O6S3/c1-3-35-22(33)12-30-17-10-9-15(27)11-19(17)39-26(30)29-21(32)14-37-13-20(31)28-24-23(25(34)36-4-2)16-7-5-6-8-18(16)38-24/h9-11H,3-8,12-14H2,1-2H3,(H,28,31). The third-order valence-electron chi connectivity index (χ3n) is 5.82. The van der Waals surface area contributed by atoms with Crippen molar-refractivity contribution in [3.8, 4) is 0 Å². The van der Waals surface area contributed by atoms with Gasteiger partial charge in [-0.05, 0) is 63.3 Å². The summed E-state index contributed by atoms with van der Waals surface area (Å²) in [5.41, 5.74) is 2.14. The van der Waals surface area contributed by atoms with E-state index in [1.54, 1.807) is 36.6 Å². The molecule has 0 saturated heterocycles. The molecule has 2 aromatic heterocycles. The molecule has 2 heterocycles. The average Bonchev–Trinajstić information content (AvgIpc) is 3.41. The number of ether oxygens (including phenoxy) is 2. The number of benzene rings is 1. The highest BCUT2D eigenvalue weighted by atomic mass is 35.5. The number of carbonyl (C=O) groups is 4. The van der Waals surface area contributed by atoms with Crippen LogP contribution < -0.4 is 10.1 Å². The van der Waals surface area contributed by atoms with Crippen LogP contribution in [-0.4, -0.2) is 53.0 Å². The van der Waals surface area contributed by atoms with E-state index in [2.05, 4.69) is 10.3 Å². The number of thiophene rings is 1. The van der Waals surface area contributed by atoms with Crippen molar-refractivity contribution in [2.24, 2.45) is 4.99 Å². The first-order valence-electron chi connectivity index (χ1n) is 12.5. The van der Waals surface area contributed by atoms with E-state index >= 15 is 0 Å². The number of hydrogen-bond acceptors (Lipinski definition) is 9. The number of nitrogens with zero attached hydrogens (tertiary/aromatic N) is 2. The zero-order valence-electron chi connectivity index (χ0n) is 21.5. The van der Waals surface area contributed by atoms with Gasteiger partial charge in [0, 0.05) is 9.90 Å². The van der Waals surface area contributed by atoms with Gasteiger partial charge in [-0.15, -0.1) is 23.1 Å². The van der Waals surface area contributed by atoms with Crippen LogP contribution in [0.3, 0.4) is 0 Å². The second kappa shape index (κ2) is 13.6. The van der Waals surface area contributed by atoms with Gasteiger partial charge in [0.2, 0.25) is 5.91 Å². The van der Waals surface area contributed by atoms with Crippen LogP contribution in [-0.2, 0) is 43.2 Å². The summed E-state index contributed by atoms with van der Waals surface area (Å²) < 4.78 is 12.7. The highest BCUT2D eigenvalue weighted by Gasteiger charge is 2.27. The van der Waals surface area contributed by atoms with E-state index in [9.17, 15) is 19.2 Å². The molecule has 0 aliphatic heterocycles. The number of hydrogen-bond donors (Lipinski definition) is 1. The Bertz CT molecular complexity index is 1480. The topological polar surface area (TPSA) is 116 Å². The molecule has 0 saturated carbocycles. The molecule has 0 bridgehead atoms.